The SMILES string of the molecule is O=C(c1ccccc1)c1nnn(-c2ccc(C(F)(F)F)cc2)c1-c1ccccn1. The minimum Gasteiger partial charge on any atom is -0.287 e. The number of rotatable bonds is 4. The lowest BCUT2D eigenvalue weighted by molar-refractivity contribution is -0.137. The topological polar surface area (TPSA) is 60.7 Å². The van der Waals surface area contributed by atoms with Crippen molar-refractivity contribution in [1.29, 1.82) is 0 Å². The minimum atomic E-state index is -4.45. The van der Waals surface area contributed by atoms with Gasteiger partial charge in [0.05, 0.1) is 16.9 Å². The minimum absolute atomic E-state index is 0.0646. The molecule has 0 amide bonds. The van der Waals surface area contributed by atoms with Crippen LogP contribution in [0.2, 0.25) is 0 Å². The third kappa shape index (κ3) is 3.64. The van der Waals surface area contributed by atoms with E-state index in [1.165, 1.54) is 16.8 Å². The first-order valence-electron chi connectivity index (χ1n) is 8.59. The van der Waals surface area contributed by atoms with Gasteiger partial charge < -0.3 is 0 Å². The van der Waals surface area contributed by atoms with Crippen molar-refractivity contribution in [2.75, 3.05) is 0 Å². The highest BCUT2D eigenvalue weighted by molar-refractivity contribution is 6.10. The van der Waals surface area contributed by atoms with Crippen LogP contribution in [0.5, 0.6) is 0 Å². The molecular formula is C21H13F3N4O. The summed E-state index contributed by atoms with van der Waals surface area (Å²) < 4.78 is 39.9. The van der Waals surface area contributed by atoms with E-state index in [0.29, 0.717) is 22.6 Å². The lowest BCUT2D eigenvalue weighted by atomic mass is 10.1. The second kappa shape index (κ2) is 7.31. The average Bonchev–Trinajstić information content (AvgIpc) is 3.19. The number of hydrogen-bond acceptors (Lipinski definition) is 4. The summed E-state index contributed by atoms with van der Waals surface area (Å²) in [5, 5.41) is 8.04. The summed E-state index contributed by atoms with van der Waals surface area (Å²) in [6.45, 7) is 0. The molecule has 0 N–H and O–H groups in total. The quantitative estimate of drug-likeness (QED) is 0.476. The van der Waals surface area contributed by atoms with Crippen molar-refractivity contribution in [2.45, 2.75) is 6.18 Å². The van der Waals surface area contributed by atoms with Crippen LogP contribution >= 0.6 is 0 Å². The molecule has 0 fully saturated rings. The molecule has 8 heteroatoms. The van der Waals surface area contributed by atoms with E-state index >= 15 is 0 Å². The fraction of sp³-hybridized carbons (Fsp3) is 0.0476. The number of aromatic nitrogens is 4. The zero-order valence-corrected chi connectivity index (χ0v) is 14.8. The Bertz CT molecular complexity index is 1140. The van der Waals surface area contributed by atoms with Gasteiger partial charge in [0.25, 0.3) is 0 Å². The number of alkyl halides is 3. The summed E-state index contributed by atoms with van der Waals surface area (Å²) in [6.07, 6.45) is -2.89. The van der Waals surface area contributed by atoms with Crippen LogP contribution in [0, 0.1) is 0 Å². The summed E-state index contributed by atoms with van der Waals surface area (Å²) in [5.41, 5.74) is 0.773. The van der Waals surface area contributed by atoms with Crippen LogP contribution in [0.15, 0.2) is 79.0 Å². The first-order chi connectivity index (χ1) is 13.9. The summed E-state index contributed by atoms with van der Waals surface area (Å²) >= 11 is 0. The van der Waals surface area contributed by atoms with Crippen molar-refractivity contribution < 1.29 is 18.0 Å². The standard InChI is InChI=1S/C21H13F3N4O/c22-21(23,24)15-9-11-16(12-10-15)28-19(17-8-4-5-13-25-17)18(26-27-28)20(29)14-6-2-1-3-7-14/h1-13H. The third-order valence-corrected chi connectivity index (χ3v) is 4.27. The molecule has 4 aromatic rings. The van der Waals surface area contributed by atoms with Crippen molar-refractivity contribution in [3.05, 3.63) is 95.8 Å². The number of carbonyl (C=O) groups excluding carboxylic acids is 1. The molecular weight excluding hydrogens is 381 g/mol. The van der Waals surface area contributed by atoms with Gasteiger partial charge in [0, 0.05) is 11.8 Å². The number of benzene rings is 2. The Morgan fingerprint density at radius 3 is 2.17 bits per heavy atom. The maximum absolute atomic E-state index is 13.0. The van der Waals surface area contributed by atoms with E-state index in [-0.39, 0.29) is 11.5 Å². The van der Waals surface area contributed by atoms with Gasteiger partial charge in [-0.25, -0.2) is 4.68 Å². The Hall–Kier alpha value is -3.81. The molecule has 0 saturated carbocycles. The number of carbonyl (C=O) groups is 1. The van der Waals surface area contributed by atoms with Crippen LogP contribution in [0.1, 0.15) is 21.6 Å². The molecule has 0 saturated heterocycles. The summed E-state index contributed by atoms with van der Waals surface area (Å²) in [5.74, 6) is -0.357. The molecule has 2 aromatic carbocycles. The van der Waals surface area contributed by atoms with Crippen molar-refractivity contribution in [3.8, 4) is 17.1 Å². The maximum Gasteiger partial charge on any atom is 0.416 e. The maximum atomic E-state index is 13.0. The highest BCUT2D eigenvalue weighted by atomic mass is 19.4. The molecule has 5 nitrogen and oxygen atoms in total. The van der Waals surface area contributed by atoms with Gasteiger partial charge in [-0.2, -0.15) is 13.2 Å². The Morgan fingerprint density at radius 1 is 0.862 bits per heavy atom. The number of ketones is 1. The van der Waals surface area contributed by atoms with Crippen LogP contribution in [-0.4, -0.2) is 25.8 Å². The Balaban J connectivity index is 1.85. The molecule has 0 radical (unpaired) electrons. The summed E-state index contributed by atoms with van der Waals surface area (Å²) in [4.78, 5) is 17.2. The lowest BCUT2D eigenvalue weighted by Crippen LogP contribution is -2.07. The van der Waals surface area contributed by atoms with Crippen molar-refractivity contribution in [3.63, 3.8) is 0 Å². The van der Waals surface area contributed by atoms with Crippen LogP contribution in [0.25, 0.3) is 17.1 Å². The second-order valence-electron chi connectivity index (χ2n) is 6.15. The molecule has 4 rings (SSSR count). The zero-order chi connectivity index (χ0) is 20.4. The van der Waals surface area contributed by atoms with Gasteiger partial charge in [-0.05, 0) is 36.4 Å². The first-order valence-corrected chi connectivity index (χ1v) is 8.59. The third-order valence-electron chi connectivity index (χ3n) is 4.27. The molecule has 0 unspecified atom stereocenters. The van der Waals surface area contributed by atoms with Crippen LogP contribution in [0.4, 0.5) is 13.2 Å². The summed E-state index contributed by atoms with van der Waals surface area (Å²) in [7, 11) is 0. The molecule has 144 valence electrons. The van der Waals surface area contributed by atoms with Gasteiger partial charge in [-0.3, -0.25) is 9.78 Å². The molecule has 29 heavy (non-hydrogen) atoms. The van der Waals surface area contributed by atoms with Gasteiger partial charge in [-0.15, -0.1) is 5.10 Å². The van der Waals surface area contributed by atoms with E-state index in [1.54, 1.807) is 54.7 Å². The van der Waals surface area contributed by atoms with Gasteiger partial charge in [0.2, 0.25) is 5.78 Å². The van der Waals surface area contributed by atoms with Gasteiger partial charge in [0.1, 0.15) is 5.69 Å². The molecule has 2 heterocycles. The normalized spacial score (nSPS) is 11.4. The van der Waals surface area contributed by atoms with E-state index in [4.69, 9.17) is 0 Å². The smallest absolute Gasteiger partial charge is 0.287 e. The number of halogens is 3. The molecule has 0 bridgehead atoms. The monoisotopic (exact) mass is 394 g/mol. The van der Waals surface area contributed by atoms with Crippen LogP contribution < -0.4 is 0 Å². The molecule has 2 aromatic heterocycles. The highest BCUT2D eigenvalue weighted by Crippen LogP contribution is 2.31. The van der Waals surface area contributed by atoms with E-state index in [0.717, 1.165) is 12.1 Å². The molecule has 0 atom stereocenters. The van der Waals surface area contributed by atoms with Gasteiger partial charge >= 0.3 is 6.18 Å². The molecule has 0 aliphatic rings. The number of pyridine rings is 1. The largest absolute Gasteiger partial charge is 0.416 e. The van der Waals surface area contributed by atoms with E-state index in [2.05, 4.69) is 15.3 Å². The fourth-order valence-corrected chi connectivity index (χ4v) is 2.87. The number of nitrogens with zero attached hydrogens (tertiary/aromatic N) is 4. The van der Waals surface area contributed by atoms with Gasteiger partial charge in [0.15, 0.2) is 5.69 Å². The fourth-order valence-electron chi connectivity index (χ4n) is 2.87. The van der Waals surface area contributed by atoms with E-state index in [9.17, 15) is 18.0 Å². The molecule has 0 aliphatic carbocycles. The zero-order valence-electron chi connectivity index (χ0n) is 14.8. The lowest BCUT2D eigenvalue weighted by Gasteiger charge is -2.10. The van der Waals surface area contributed by atoms with Crippen LogP contribution in [-0.2, 0) is 6.18 Å². The highest BCUT2D eigenvalue weighted by Gasteiger charge is 2.30. The second-order valence-corrected chi connectivity index (χ2v) is 6.15. The van der Waals surface area contributed by atoms with Crippen molar-refractivity contribution in [2.24, 2.45) is 0 Å². The van der Waals surface area contributed by atoms with Crippen LogP contribution in [0.3, 0.4) is 0 Å². The van der Waals surface area contributed by atoms with E-state index in [1.807, 2.05) is 0 Å². The predicted octanol–water partition coefficient (Wildman–Crippen LogP) is 4.58. The summed E-state index contributed by atoms with van der Waals surface area (Å²) in [6, 6.07) is 18.2. The molecule has 0 aliphatic heterocycles. The predicted molar refractivity (Wildman–Crippen MR) is 99.5 cm³/mol. The molecule has 0 spiro atoms. The number of hydrogen-bond donors (Lipinski definition) is 0. The Morgan fingerprint density at radius 2 is 1.55 bits per heavy atom. The average molecular weight is 394 g/mol. The van der Waals surface area contributed by atoms with Crippen molar-refractivity contribution in [1.82, 2.24) is 20.0 Å². The first kappa shape index (κ1) is 18.5. The Labute approximate surface area is 163 Å². The van der Waals surface area contributed by atoms with Crippen molar-refractivity contribution >= 4 is 5.78 Å². The van der Waals surface area contributed by atoms with Gasteiger partial charge in [-0.1, -0.05) is 41.6 Å². The van der Waals surface area contributed by atoms with E-state index < -0.39 is 11.7 Å². The Kier molecular flexibility index (Phi) is 4.67.